The number of hydrogen-bond donors (Lipinski definition) is 0. The van der Waals surface area contributed by atoms with Crippen LogP contribution in [0.1, 0.15) is 23.6 Å². The van der Waals surface area contributed by atoms with Crippen LogP contribution < -0.4 is 0 Å². The van der Waals surface area contributed by atoms with Crippen molar-refractivity contribution >= 4 is 0 Å². The highest BCUT2D eigenvalue weighted by molar-refractivity contribution is 5.27. The van der Waals surface area contributed by atoms with E-state index in [9.17, 15) is 0 Å². The second-order valence-corrected chi connectivity index (χ2v) is 3.20. The van der Waals surface area contributed by atoms with Gasteiger partial charge in [0.2, 0.25) is 0 Å². The Morgan fingerprint density at radius 1 is 1.42 bits per heavy atom. The Balaban J connectivity index is 2.18. The van der Waals surface area contributed by atoms with Gasteiger partial charge in [-0.25, -0.2) is 0 Å². The van der Waals surface area contributed by atoms with E-state index < -0.39 is 0 Å². The molecule has 1 atom stereocenters. The summed E-state index contributed by atoms with van der Waals surface area (Å²) in [4.78, 5) is 4.28. The average molecular weight is 158 g/mol. The van der Waals surface area contributed by atoms with Crippen LogP contribution in [0.4, 0.5) is 0 Å². The van der Waals surface area contributed by atoms with Gasteiger partial charge in [0.1, 0.15) is 0 Å². The molecule has 0 saturated heterocycles. The molecule has 12 heavy (non-hydrogen) atoms. The van der Waals surface area contributed by atoms with Crippen molar-refractivity contribution in [2.75, 3.05) is 0 Å². The van der Waals surface area contributed by atoms with Crippen molar-refractivity contribution in [2.45, 2.75) is 19.3 Å². The molecule has 0 aliphatic heterocycles. The van der Waals surface area contributed by atoms with E-state index in [1.807, 2.05) is 13.1 Å². The van der Waals surface area contributed by atoms with Gasteiger partial charge in [0.05, 0.1) is 0 Å². The molecule has 1 unspecified atom stereocenters. The third-order valence-corrected chi connectivity index (χ3v) is 2.23. The Labute approximate surface area is 73.1 Å². The first-order valence-electron chi connectivity index (χ1n) is 4.29. The minimum atomic E-state index is 0.568. The largest absolute Gasteiger partial charge is 0.261 e. The molecule has 1 heterocycles. The zero-order chi connectivity index (χ0) is 8.39. The molecule has 1 aliphatic rings. The number of pyridine rings is 1. The molecule has 1 nitrogen and oxygen atoms in total. The van der Waals surface area contributed by atoms with Crippen molar-refractivity contribution in [3.8, 4) is 0 Å². The van der Waals surface area contributed by atoms with E-state index in [4.69, 9.17) is 0 Å². The lowest BCUT2D eigenvalue weighted by Gasteiger charge is -2.07. The lowest BCUT2D eigenvalue weighted by molar-refractivity contribution is 0.849. The summed E-state index contributed by atoms with van der Waals surface area (Å²) < 4.78 is 0. The Morgan fingerprint density at radius 2 is 2.33 bits per heavy atom. The highest BCUT2D eigenvalue weighted by atomic mass is 14.7. The highest BCUT2D eigenvalue weighted by Crippen LogP contribution is 2.27. The molecule has 1 aromatic rings. The molecule has 0 aromatic carbocycles. The molecular formula is C11H12N. The predicted octanol–water partition coefficient (Wildman–Crippen LogP) is 2.64. The van der Waals surface area contributed by atoms with Crippen LogP contribution in [0.15, 0.2) is 30.5 Å². The molecule has 0 fully saturated rings. The molecule has 0 bridgehead atoms. The van der Waals surface area contributed by atoms with Crippen LogP contribution in [0.2, 0.25) is 0 Å². The topological polar surface area (TPSA) is 12.9 Å². The van der Waals surface area contributed by atoms with Crippen molar-refractivity contribution in [3.05, 3.63) is 48.2 Å². The Hall–Kier alpha value is -1.11. The van der Waals surface area contributed by atoms with Crippen LogP contribution in [0.25, 0.3) is 0 Å². The van der Waals surface area contributed by atoms with Crippen molar-refractivity contribution in [3.63, 3.8) is 0 Å². The highest BCUT2D eigenvalue weighted by Gasteiger charge is 2.12. The quantitative estimate of drug-likeness (QED) is 0.612. The molecular weight excluding hydrogens is 146 g/mol. The van der Waals surface area contributed by atoms with Crippen molar-refractivity contribution < 1.29 is 0 Å². The van der Waals surface area contributed by atoms with Crippen molar-refractivity contribution in [1.82, 2.24) is 4.98 Å². The van der Waals surface area contributed by atoms with Gasteiger partial charge in [0.25, 0.3) is 0 Å². The number of nitrogens with zero attached hydrogens (tertiary/aromatic N) is 1. The van der Waals surface area contributed by atoms with Crippen LogP contribution in [0.3, 0.4) is 0 Å². The number of aromatic nitrogens is 1. The molecule has 2 rings (SSSR count). The number of aryl methyl sites for hydroxylation is 1. The van der Waals surface area contributed by atoms with E-state index in [0.717, 1.165) is 12.1 Å². The normalized spacial score (nSPS) is 17.1. The molecule has 1 aliphatic carbocycles. The monoisotopic (exact) mass is 158 g/mol. The van der Waals surface area contributed by atoms with Gasteiger partial charge in [0.15, 0.2) is 0 Å². The van der Waals surface area contributed by atoms with Gasteiger partial charge in [-0.2, -0.15) is 0 Å². The molecule has 0 spiro atoms. The summed E-state index contributed by atoms with van der Waals surface area (Å²) >= 11 is 0. The first kappa shape index (κ1) is 7.53. The smallest absolute Gasteiger partial charge is 0.0372 e. The Bertz CT molecular complexity index is 276. The second kappa shape index (κ2) is 3.10. The zero-order valence-electron chi connectivity index (χ0n) is 7.20. The van der Waals surface area contributed by atoms with E-state index in [-0.39, 0.29) is 0 Å². The van der Waals surface area contributed by atoms with Gasteiger partial charge in [-0.15, -0.1) is 0 Å². The Morgan fingerprint density at radius 3 is 2.92 bits per heavy atom. The molecule has 1 heteroatoms. The van der Waals surface area contributed by atoms with E-state index in [1.165, 1.54) is 5.56 Å². The third kappa shape index (κ3) is 1.40. The number of rotatable bonds is 1. The summed E-state index contributed by atoms with van der Waals surface area (Å²) in [7, 11) is 0. The van der Waals surface area contributed by atoms with Crippen LogP contribution in [0, 0.1) is 13.3 Å². The summed E-state index contributed by atoms with van der Waals surface area (Å²) in [6.45, 7) is 2.01. The summed E-state index contributed by atoms with van der Waals surface area (Å²) in [5, 5.41) is 0. The van der Waals surface area contributed by atoms with E-state index in [0.29, 0.717) is 5.92 Å². The maximum atomic E-state index is 4.28. The first-order valence-corrected chi connectivity index (χ1v) is 4.29. The lowest BCUT2D eigenvalue weighted by atomic mass is 9.99. The number of hydrogen-bond acceptors (Lipinski definition) is 1. The summed E-state index contributed by atoms with van der Waals surface area (Å²) in [6.07, 6.45) is 9.66. The molecule has 0 amide bonds. The maximum absolute atomic E-state index is 4.28. The summed E-state index contributed by atoms with van der Waals surface area (Å²) in [6, 6.07) is 4.23. The fraction of sp³-hybridized carbons (Fsp3) is 0.273. The van der Waals surface area contributed by atoms with Crippen LogP contribution in [0.5, 0.6) is 0 Å². The van der Waals surface area contributed by atoms with E-state index in [1.54, 1.807) is 0 Å². The minimum Gasteiger partial charge on any atom is -0.261 e. The van der Waals surface area contributed by atoms with Gasteiger partial charge >= 0.3 is 0 Å². The molecule has 1 aromatic heterocycles. The first-order chi connectivity index (χ1) is 5.86. The molecule has 0 N–H and O–H groups in total. The van der Waals surface area contributed by atoms with Gasteiger partial charge in [-0.3, -0.25) is 4.98 Å². The lowest BCUT2D eigenvalue weighted by Crippen LogP contribution is -1.94. The molecule has 0 saturated carbocycles. The minimum absolute atomic E-state index is 0.568. The number of allylic oxidation sites excluding steroid dienone is 2. The average Bonchev–Trinajstić information content (AvgIpc) is 2.58. The van der Waals surface area contributed by atoms with Crippen LogP contribution >= 0.6 is 0 Å². The van der Waals surface area contributed by atoms with Crippen molar-refractivity contribution in [2.24, 2.45) is 0 Å². The van der Waals surface area contributed by atoms with E-state index >= 15 is 0 Å². The second-order valence-electron chi connectivity index (χ2n) is 3.20. The summed E-state index contributed by atoms with van der Waals surface area (Å²) in [5.74, 6) is 0.568. The maximum Gasteiger partial charge on any atom is 0.0372 e. The van der Waals surface area contributed by atoms with Crippen LogP contribution in [-0.4, -0.2) is 4.98 Å². The third-order valence-electron chi connectivity index (χ3n) is 2.23. The fourth-order valence-corrected chi connectivity index (χ4v) is 1.46. The van der Waals surface area contributed by atoms with Gasteiger partial charge in [0, 0.05) is 11.9 Å². The molecule has 61 valence electrons. The summed E-state index contributed by atoms with van der Waals surface area (Å²) in [5.41, 5.74) is 2.41. The van der Waals surface area contributed by atoms with Gasteiger partial charge in [-0.1, -0.05) is 18.2 Å². The van der Waals surface area contributed by atoms with Gasteiger partial charge < -0.3 is 0 Å². The SMILES string of the molecule is Cc1ccc(C2[CH]C=CC2)cn1. The zero-order valence-corrected chi connectivity index (χ0v) is 7.20. The van der Waals surface area contributed by atoms with Crippen molar-refractivity contribution in [1.29, 1.82) is 0 Å². The molecule has 1 radical (unpaired) electrons. The van der Waals surface area contributed by atoms with Gasteiger partial charge in [-0.05, 0) is 37.3 Å². The Kier molecular flexibility index (Phi) is 1.94. The van der Waals surface area contributed by atoms with Crippen LogP contribution in [-0.2, 0) is 0 Å². The fourth-order valence-electron chi connectivity index (χ4n) is 1.46. The standard InChI is InChI=1S/C11H12N/c1-9-6-7-11(8-12-9)10-4-2-3-5-10/h2-4,6-8,10H,5H2,1H3. The van der Waals surface area contributed by atoms with E-state index in [2.05, 4.69) is 35.7 Å². The predicted molar refractivity (Wildman–Crippen MR) is 49.8 cm³/mol.